The van der Waals surface area contributed by atoms with Crippen LogP contribution in [0.2, 0.25) is 32.5 Å². The van der Waals surface area contributed by atoms with Crippen LogP contribution in [-0.4, -0.2) is 21.9 Å². The molecule has 0 amide bonds. The topological polar surface area (TPSA) is 0 Å². The van der Waals surface area contributed by atoms with Gasteiger partial charge in [-0.05, 0) is 33.0 Å². The van der Waals surface area contributed by atoms with E-state index in [1.165, 1.54) is 0 Å². The van der Waals surface area contributed by atoms with E-state index >= 15 is 0 Å². The molecule has 0 aromatic carbocycles. The smallest absolute Gasteiger partial charge is 0.104 e. The van der Waals surface area contributed by atoms with Gasteiger partial charge in [-0.1, -0.05) is 65.8 Å². The molecule has 0 spiro atoms. The van der Waals surface area contributed by atoms with Crippen molar-refractivity contribution >= 4 is 21.9 Å². The Hall–Kier alpha value is -0.801. The Kier molecular flexibility index (Phi) is 6.28. The van der Waals surface area contributed by atoms with Gasteiger partial charge in [0.1, 0.15) is 0 Å². The molecule has 120 valence electrons. The molecule has 0 atom stereocenters. The van der Waals surface area contributed by atoms with Crippen molar-refractivity contribution in [2.75, 3.05) is 0 Å². The van der Waals surface area contributed by atoms with Gasteiger partial charge in [0.25, 0.3) is 0 Å². The van der Waals surface area contributed by atoms with Gasteiger partial charge in [-0.3, -0.25) is 0 Å². The molecule has 0 saturated carbocycles. The van der Waals surface area contributed by atoms with Gasteiger partial charge in [-0.15, -0.1) is 19.7 Å². The number of hydrogen-bond acceptors (Lipinski definition) is 0. The fourth-order valence-corrected chi connectivity index (χ4v) is 14.4. The van der Waals surface area contributed by atoms with Crippen LogP contribution < -0.4 is 0 Å². The molecular weight excluding hydrogens is 295 g/mol. The highest BCUT2D eigenvalue weighted by Gasteiger charge is 2.48. The van der Waals surface area contributed by atoms with E-state index in [2.05, 4.69) is 78.0 Å². The summed E-state index contributed by atoms with van der Waals surface area (Å²) in [6.45, 7) is 27.7. The molecule has 0 aromatic rings. The molecule has 1 rings (SSSR count). The van der Waals surface area contributed by atoms with Crippen LogP contribution in [0.4, 0.5) is 0 Å². The lowest BCUT2D eigenvalue weighted by atomic mass is 9.36. The van der Waals surface area contributed by atoms with Crippen LogP contribution in [0.15, 0.2) is 59.3 Å². The van der Waals surface area contributed by atoms with Crippen LogP contribution >= 0.6 is 0 Å². The molecule has 0 saturated heterocycles. The first-order valence-electron chi connectivity index (χ1n) is 8.39. The van der Waals surface area contributed by atoms with E-state index < -0.39 is 15.2 Å². The molecule has 0 fully saturated rings. The lowest BCUT2D eigenvalue weighted by Gasteiger charge is -2.40. The van der Waals surface area contributed by atoms with Crippen molar-refractivity contribution < 1.29 is 0 Å². The summed E-state index contributed by atoms with van der Waals surface area (Å²) in [5.74, 6) is 0. The van der Waals surface area contributed by atoms with E-state index in [4.69, 9.17) is 0 Å². The van der Waals surface area contributed by atoms with Gasteiger partial charge >= 0.3 is 0 Å². The van der Waals surface area contributed by atoms with E-state index in [0.717, 1.165) is 19.2 Å². The molecule has 0 nitrogen and oxygen atoms in total. The quantitative estimate of drug-likeness (QED) is 0.407. The first kappa shape index (κ1) is 19.2. The van der Waals surface area contributed by atoms with Crippen LogP contribution in [0.1, 0.15) is 26.7 Å². The van der Waals surface area contributed by atoms with E-state index in [-0.39, 0.29) is 0 Å². The van der Waals surface area contributed by atoms with Crippen molar-refractivity contribution in [1.29, 1.82) is 0 Å². The fourth-order valence-electron chi connectivity index (χ4n) is 3.83. The maximum absolute atomic E-state index is 4.02. The predicted molar refractivity (Wildman–Crippen MR) is 111 cm³/mol. The Morgan fingerprint density at radius 3 is 1.41 bits per heavy atom. The van der Waals surface area contributed by atoms with Crippen molar-refractivity contribution in [3.63, 3.8) is 0 Å². The maximum Gasteiger partial charge on any atom is 0.202 e. The summed E-state index contributed by atoms with van der Waals surface area (Å²) in [4.78, 5) is 0. The highest BCUT2D eigenvalue weighted by molar-refractivity contribution is 7.46. The average Bonchev–Trinajstić information content (AvgIpc) is 2.49. The van der Waals surface area contributed by atoms with Crippen LogP contribution in [0.5, 0.6) is 0 Å². The second-order valence-corrected chi connectivity index (χ2v) is 23.1. The van der Waals surface area contributed by atoms with Crippen LogP contribution in [0, 0.1) is 0 Å². The monoisotopic (exact) mass is 328 g/mol. The van der Waals surface area contributed by atoms with Gasteiger partial charge in [0, 0.05) is 0 Å². The zero-order valence-corrected chi connectivity index (χ0v) is 17.6. The summed E-state index contributed by atoms with van der Waals surface area (Å²) in [6.07, 6.45) is 9.32. The van der Waals surface area contributed by atoms with Gasteiger partial charge in [0.05, 0.1) is 15.2 Å². The lowest BCUT2D eigenvalue weighted by molar-refractivity contribution is 1.24. The second kappa shape index (κ2) is 7.18. The Bertz CT molecular complexity index is 492. The summed E-state index contributed by atoms with van der Waals surface area (Å²) < 4.78 is 0. The number of hydrogen-bond donors (Lipinski definition) is 0. The fraction of sp³-hybridized carbons (Fsp3) is 0.474. The molecule has 3 heteroatoms. The summed E-state index contributed by atoms with van der Waals surface area (Å²) >= 11 is 0. The van der Waals surface area contributed by atoms with Crippen LogP contribution in [0.3, 0.4) is 0 Å². The van der Waals surface area contributed by atoms with E-state index in [0.29, 0.717) is 6.71 Å². The first-order chi connectivity index (χ1) is 10.2. The minimum absolute atomic E-state index is 0.509. The summed E-state index contributed by atoms with van der Waals surface area (Å²) in [5, 5.41) is 3.43. The van der Waals surface area contributed by atoms with Gasteiger partial charge in [-0.2, -0.15) is 0 Å². The molecule has 0 aromatic heterocycles. The van der Waals surface area contributed by atoms with Gasteiger partial charge in [0.2, 0.25) is 6.71 Å². The van der Waals surface area contributed by atoms with E-state index in [1.807, 2.05) is 0 Å². The summed E-state index contributed by atoms with van der Waals surface area (Å²) in [6, 6.07) is 0. The van der Waals surface area contributed by atoms with Crippen LogP contribution in [0.25, 0.3) is 0 Å². The molecule has 1 aliphatic heterocycles. The zero-order valence-electron chi connectivity index (χ0n) is 15.6. The Balaban J connectivity index is 3.76. The third kappa shape index (κ3) is 3.11. The van der Waals surface area contributed by atoms with Crippen molar-refractivity contribution in [1.82, 2.24) is 0 Å². The number of rotatable bonds is 6. The van der Waals surface area contributed by atoms with Crippen LogP contribution in [-0.2, 0) is 0 Å². The standard InChI is InChI=1S/C19H33BSi2/c1-10-13-18-16(4)21(6,7)22(8,9)17(5)19(14-11-2)20(18)15-12-3/h10-12H,1-3,13-15H2,4-9H3. The number of allylic oxidation sites excluding steroid dienone is 7. The van der Waals surface area contributed by atoms with Crippen molar-refractivity contribution in [2.45, 2.75) is 59.2 Å². The summed E-state index contributed by atoms with van der Waals surface area (Å²) in [7, 11) is -2.87. The highest BCUT2D eigenvalue weighted by Crippen LogP contribution is 2.41. The van der Waals surface area contributed by atoms with Crippen molar-refractivity contribution in [3.8, 4) is 0 Å². The SMILES string of the molecule is C=CCB1C(CC=C)=C(C)[Si](C)(C)[Si](C)(C)C(C)=C1CC=C. The van der Waals surface area contributed by atoms with Gasteiger partial charge in [0.15, 0.2) is 0 Å². The Morgan fingerprint density at radius 2 is 1.14 bits per heavy atom. The molecule has 0 N–H and O–H groups in total. The lowest BCUT2D eigenvalue weighted by Crippen LogP contribution is -2.57. The Labute approximate surface area is 140 Å². The van der Waals surface area contributed by atoms with Gasteiger partial charge in [-0.25, -0.2) is 0 Å². The second-order valence-electron chi connectivity index (χ2n) is 7.61. The van der Waals surface area contributed by atoms with E-state index in [9.17, 15) is 0 Å². The third-order valence-electron chi connectivity index (χ3n) is 6.37. The highest BCUT2D eigenvalue weighted by atomic mass is 29.3. The molecule has 0 unspecified atom stereocenters. The Morgan fingerprint density at radius 1 is 0.773 bits per heavy atom. The third-order valence-corrected chi connectivity index (χ3v) is 25.5. The maximum atomic E-state index is 4.02. The van der Waals surface area contributed by atoms with Gasteiger partial charge < -0.3 is 0 Å². The minimum atomic E-state index is -1.43. The molecular formula is C19H33BSi2. The largest absolute Gasteiger partial charge is 0.202 e. The zero-order chi connectivity index (χ0) is 17.1. The molecule has 22 heavy (non-hydrogen) atoms. The van der Waals surface area contributed by atoms with Crippen molar-refractivity contribution in [3.05, 3.63) is 59.3 Å². The molecule has 0 aliphatic carbocycles. The van der Waals surface area contributed by atoms with E-state index in [1.54, 1.807) is 21.3 Å². The molecule has 0 radical (unpaired) electrons. The average molecular weight is 328 g/mol. The first-order valence-corrected chi connectivity index (χ1v) is 15.4. The van der Waals surface area contributed by atoms with Crippen molar-refractivity contribution in [2.24, 2.45) is 0 Å². The normalized spacial score (nSPS) is 20.7. The minimum Gasteiger partial charge on any atom is -0.104 e. The predicted octanol–water partition coefficient (Wildman–Crippen LogP) is 6.12. The molecule has 0 bridgehead atoms. The molecule has 1 aliphatic rings. The summed E-state index contributed by atoms with van der Waals surface area (Å²) in [5.41, 5.74) is 3.25. The molecule has 1 heterocycles.